The number of aliphatic imine (C=N–C) groups is 1. The molecule has 4 nitrogen and oxygen atoms in total. The average molecular weight is 282 g/mol. The van der Waals surface area contributed by atoms with E-state index in [0.717, 1.165) is 12.1 Å². The van der Waals surface area contributed by atoms with Crippen LogP contribution in [0.3, 0.4) is 0 Å². The van der Waals surface area contributed by atoms with Gasteiger partial charge in [-0.15, -0.1) is 0 Å². The first kappa shape index (κ1) is 13.9. The predicted molar refractivity (Wildman–Crippen MR) is 65.2 cm³/mol. The van der Waals surface area contributed by atoms with Gasteiger partial charge in [-0.2, -0.15) is 18.2 Å². The molecule has 0 fully saturated rings. The Morgan fingerprint density at radius 1 is 1.20 bits per heavy atom. The second kappa shape index (κ2) is 5.20. The lowest BCUT2D eigenvalue weighted by atomic mass is 10.1. The number of carbonyl (C=O) groups is 1. The van der Waals surface area contributed by atoms with Crippen molar-refractivity contribution in [2.45, 2.75) is 6.18 Å². The number of nitrogens with zero attached hydrogens (tertiary/aromatic N) is 1. The molecule has 0 atom stereocenters. The summed E-state index contributed by atoms with van der Waals surface area (Å²) in [6, 6.07) is 7.13. The standard InChI is InChI=1S/C13H9F3N2O2/c14-13(15,16)9-4-1-3-8(7-9)11(17)18-12(19)10-5-2-6-20-10/h1-7H,(H2,17,18,19). The first-order valence-corrected chi connectivity index (χ1v) is 5.47. The van der Waals surface area contributed by atoms with Gasteiger partial charge in [-0.3, -0.25) is 4.79 Å². The summed E-state index contributed by atoms with van der Waals surface area (Å²) in [6.45, 7) is 0. The Bertz CT molecular complexity index is 646. The van der Waals surface area contributed by atoms with Crippen molar-refractivity contribution in [1.82, 2.24) is 0 Å². The second-order valence-corrected chi connectivity index (χ2v) is 3.86. The Morgan fingerprint density at radius 2 is 1.95 bits per heavy atom. The van der Waals surface area contributed by atoms with Crippen LogP contribution in [0.5, 0.6) is 0 Å². The number of rotatable bonds is 2. The van der Waals surface area contributed by atoms with Crippen LogP contribution in [-0.2, 0) is 6.18 Å². The van der Waals surface area contributed by atoms with Crippen LogP contribution < -0.4 is 5.73 Å². The van der Waals surface area contributed by atoms with Gasteiger partial charge >= 0.3 is 12.1 Å². The minimum Gasteiger partial charge on any atom is -0.459 e. The summed E-state index contributed by atoms with van der Waals surface area (Å²) in [5, 5.41) is 0. The van der Waals surface area contributed by atoms with E-state index in [0.29, 0.717) is 0 Å². The summed E-state index contributed by atoms with van der Waals surface area (Å²) in [6.07, 6.45) is -3.20. The van der Waals surface area contributed by atoms with Gasteiger partial charge in [-0.1, -0.05) is 12.1 Å². The van der Waals surface area contributed by atoms with E-state index in [4.69, 9.17) is 10.2 Å². The zero-order valence-corrected chi connectivity index (χ0v) is 10.0. The third-order valence-electron chi connectivity index (χ3n) is 2.44. The third kappa shape index (κ3) is 3.05. The van der Waals surface area contributed by atoms with Crippen molar-refractivity contribution in [3.8, 4) is 0 Å². The molecule has 7 heteroatoms. The number of alkyl halides is 3. The summed E-state index contributed by atoms with van der Waals surface area (Å²) in [5.74, 6) is -1.11. The van der Waals surface area contributed by atoms with E-state index in [1.54, 1.807) is 0 Å². The molecular formula is C13H9F3N2O2. The molecule has 0 saturated heterocycles. The lowest BCUT2D eigenvalue weighted by Crippen LogP contribution is -2.17. The number of benzene rings is 1. The Labute approximate surface area is 111 Å². The van der Waals surface area contributed by atoms with E-state index in [9.17, 15) is 18.0 Å². The van der Waals surface area contributed by atoms with Crippen LogP contribution in [0.15, 0.2) is 52.1 Å². The highest BCUT2D eigenvalue weighted by Gasteiger charge is 2.30. The van der Waals surface area contributed by atoms with Gasteiger partial charge in [0.25, 0.3) is 0 Å². The molecule has 1 heterocycles. The molecule has 0 aliphatic heterocycles. The summed E-state index contributed by atoms with van der Waals surface area (Å²) in [7, 11) is 0. The summed E-state index contributed by atoms with van der Waals surface area (Å²) < 4.78 is 42.5. The van der Waals surface area contributed by atoms with Crippen LogP contribution in [0, 0.1) is 0 Å². The smallest absolute Gasteiger partial charge is 0.416 e. The third-order valence-corrected chi connectivity index (χ3v) is 2.44. The Morgan fingerprint density at radius 3 is 2.55 bits per heavy atom. The summed E-state index contributed by atoms with van der Waals surface area (Å²) in [5.41, 5.74) is 4.69. The van der Waals surface area contributed by atoms with Crippen LogP contribution in [0.25, 0.3) is 0 Å². The van der Waals surface area contributed by atoms with Crippen molar-refractivity contribution in [1.29, 1.82) is 0 Å². The van der Waals surface area contributed by atoms with Crippen LogP contribution >= 0.6 is 0 Å². The number of furan rings is 1. The Kier molecular flexibility index (Phi) is 3.60. The molecule has 2 rings (SSSR count). The van der Waals surface area contributed by atoms with Gasteiger partial charge in [0.05, 0.1) is 11.8 Å². The van der Waals surface area contributed by atoms with Gasteiger partial charge in [-0.25, -0.2) is 0 Å². The molecule has 0 bridgehead atoms. The number of hydrogen-bond acceptors (Lipinski definition) is 2. The maximum Gasteiger partial charge on any atom is 0.416 e. The van der Waals surface area contributed by atoms with Crippen molar-refractivity contribution in [3.05, 3.63) is 59.5 Å². The van der Waals surface area contributed by atoms with Crippen LogP contribution in [0.2, 0.25) is 0 Å². The molecule has 2 N–H and O–H groups in total. The van der Waals surface area contributed by atoms with Crippen LogP contribution in [0.4, 0.5) is 13.2 Å². The number of amides is 1. The maximum atomic E-state index is 12.6. The maximum absolute atomic E-state index is 12.6. The molecule has 2 aromatic rings. The van der Waals surface area contributed by atoms with Crippen molar-refractivity contribution >= 4 is 11.7 Å². The highest BCUT2D eigenvalue weighted by molar-refractivity contribution is 6.07. The van der Waals surface area contributed by atoms with Crippen molar-refractivity contribution in [3.63, 3.8) is 0 Å². The fourth-order valence-corrected chi connectivity index (χ4v) is 1.48. The molecule has 0 radical (unpaired) electrons. The number of carbonyl (C=O) groups excluding carboxylic acids is 1. The normalized spacial score (nSPS) is 12.4. The molecular weight excluding hydrogens is 273 g/mol. The van der Waals surface area contributed by atoms with E-state index in [-0.39, 0.29) is 17.2 Å². The van der Waals surface area contributed by atoms with Gasteiger partial charge in [0.2, 0.25) is 0 Å². The van der Waals surface area contributed by atoms with E-state index in [2.05, 4.69) is 4.99 Å². The molecule has 1 aromatic carbocycles. The molecule has 0 aliphatic carbocycles. The van der Waals surface area contributed by atoms with Gasteiger partial charge in [0.1, 0.15) is 5.84 Å². The van der Waals surface area contributed by atoms with Gasteiger partial charge < -0.3 is 10.2 Å². The predicted octanol–water partition coefficient (Wildman–Crippen LogP) is 2.84. The zero-order chi connectivity index (χ0) is 14.8. The first-order valence-electron chi connectivity index (χ1n) is 5.47. The topological polar surface area (TPSA) is 68.6 Å². The van der Waals surface area contributed by atoms with Gasteiger partial charge in [0.15, 0.2) is 5.76 Å². The zero-order valence-electron chi connectivity index (χ0n) is 10.0. The molecule has 1 amide bonds. The fraction of sp³-hybridized carbons (Fsp3) is 0.0769. The van der Waals surface area contributed by atoms with E-state index in [1.165, 1.54) is 30.5 Å². The molecule has 0 aliphatic rings. The number of hydrogen-bond donors (Lipinski definition) is 1. The van der Waals surface area contributed by atoms with Crippen LogP contribution in [-0.4, -0.2) is 11.7 Å². The molecule has 20 heavy (non-hydrogen) atoms. The minimum absolute atomic E-state index is 0.0136. The van der Waals surface area contributed by atoms with Gasteiger partial charge in [-0.05, 0) is 24.3 Å². The quantitative estimate of drug-likeness (QED) is 0.680. The Balaban J connectivity index is 2.29. The molecule has 104 valence electrons. The SMILES string of the molecule is NC(=NC(=O)c1ccco1)c1cccc(C(F)(F)F)c1. The molecule has 0 unspecified atom stereocenters. The first-order chi connectivity index (χ1) is 9.38. The van der Waals surface area contributed by atoms with E-state index in [1.807, 2.05) is 0 Å². The van der Waals surface area contributed by atoms with Gasteiger partial charge in [0, 0.05) is 5.56 Å². The average Bonchev–Trinajstić information content (AvgIpc) is 2.91. The molecule has 1 aromatic heterocycles. The number of halogens is 3. The molecule has 0 spiro atoms. The molecule has 0 saturated carbocycles. The number of amidine groups is 1. The van der Waals surface area contributed by atoms with Crippen molar-refractivity contribution in [2.24, 2.45) is 10.7 Å². The number of nitrogens with two attached hydrogens (primary N) is 1. The highest BCUT2D eigenvalue weighted by Crippen LogP contribution is 2.29. The fourth-order valence-electron chi connectivity index (χ4n) is 1.48. The second-order valence-electron chi connectivity index (χ2n) is 3.86. The summed E-state index contributed by atoms with van der Waals surface area (Å²) in [4.78, 5) is 15.1. The van der Waals surface area contributed by atoms with Crippen LogP contribution in [0.1, 0.15) is 21.7 Å². The van der Waals surface area contributed by atoms with Crippen molar-refractivity contribution < 1.29 is 22.4 Å². The largest absolute Gasteiger partial charge is 0.459 e. The minimum atomic E-state index is -4.48. The summed E-state index contributed by atoms with van der Waals surface area (Å²) >= 11 is 0. The lowest BCUT2D eigenvalue weighted by Gasteiger charge is -2.08. The van der Waals surface area contributed by atoms with E-state index >= 15 is 0 Å². The van der Waals surface area contributed by atoms with Crippen molar-refractivity contribution in [2.75, 3.05) is 0 Å². The lowest BCUT2D eigenvalue weighted by molar-refractivity contribution is -0.137. The highest BCUT2D eigenvalue weighted by atomic mass is 19.4. The van der Waals surface area contributed by atoms with E-state index < -0.39 is 17.6 Å². The Hall–Kier alpha value is -2.57. The monoisotopic (exact) mass is 282 g/mol.